The highest BCUT2D eigenvalue weighted by molar-refractivity contribution is 6.65. The molecule has 1 aromatic carbocycles. The average Bonchev–Trinajstić information content (AvgIpc) is 3.13. The first-order valence-corrected chi connectivity index (χ1v) is 13.7. The molecule has 1 aliphatic carbocycles. The summed E-state index contributed by atoms with van der Waals surface area (Å²) in [6, 6.07) is 6.48. The summed E-state index contributed by atoms with van der Waals surface area (Å²) < 4.78 is 25.8. The van der Waals surface area contributed by atoms with E-state index in [9.17, 15) is 0 Å². The van der Waals surface area contributed by atoms with E-state index in [-0.39, 0.29) is 16.6 Å². The van der Waals surface area contributed by atoms with Crippen LogP contribution in [0.1, 0.15) is 101 Å². The van der Waals surface area contributed by atoms with Crippen molar-refractivity contribution in [2.45, 2.75) is 118 Å². The maximum atomic E-state index is 6.51. The van der Waals surface area contributed by atoms with E-state index < -0.39 is 25.4 Å². The van der Waals surface area contributed by atoms with Gasteiger partial charge in [0, 0.05) is 0 Å². The summed E-state index contributed by atoms with van der Waals surface area (Å²) in [5.74, 6) is 0.476. The van der Waals surface area contributed by atoms with Crippen LogP contribution in [0.3, 0.4) is 0 Å². The molecule has 2 fully saturated rings. The van der Waals surface area contributed by atoms with E-state index in [0.29, 0.717) is 5.92 Å². The minimum atomic E-state index is -0.435. The first-order valence-electron chi connectivity index (χ1n) is 13.7. The van der Waals surface area contributed by atoms with Crippen LogP contribution in [-0.2, 0) is 18.6 Å². The van der Waals surface area contributed by atoms with Gasteiger partial charge in [-0.05, 0) is 102 Å². The average molecular weight is 492 g/mol. The maximum Gasteiger partial charge on any atom is 0.495 e. The molecular weight excluding hydrogens is 446 g/mol. The third kappa shape index (κ3) is 4.91. The molecule has 3 aliphatic rings. The van der Waals surface area contributed by atoms with E-state index in [1.165, 1.54) is 18.4 Å². The molecule has 0 N–H and O–H groups in total. The third-order valence-electron chi connectivity index (χ3n) is 9.39. The summed E-state index contributed by atoms with van der Waals surface area (Å²) in [4.78, 5) is 0. The lowest BCUT2D eigenvalue weighted by molar-refractivity contribution is 0.00578. The molecule has 2 saturated heterocycles. The summed E-state index contributed by atoms with van der Waals surface area (Å²) in [6.45, 7) is 23.9. The fourth-order valence-electron chi connectivity index (χ4n) is 5.36. The Labute approximate surface area is 220 Å². The second kappa shape index (κ2) is 9.15. The summed E-state index contributed by atoms with van der Waals surface area (Å²) in [5, 5.41) is 0. The highest BCUT2D eigenvalue weighted by atomic mass is 16.7. The van der Waals surface area contributed by atoms with Gasteiger partial charge in [-0.2, -0.15) is 0 Å². The normalized spacial score (nSPS) is 26.4. The van der Waals surface area contributed by atoms with Gasteiger partial charge >= 0.3 is 14.2 Å². The minimum Gasteiger partial charge on any atom is -0.399 e. The van der Waals surface area contributed by atoms with Gasteiger partial charge in [-0.15, -0.1) is 0 Å². The summed E-state index contributed by atoms with van der Waals surface area (Å²) in [6.07, 6.45) is 10.5. The monoisotopic (exact) mass is 492 g/mol. The van der Waals surface area contributed by atoms with Crippen LogP contribution in [0.5, 0.6) is 0 Å². The quantitative estimate of drug-likeness (QED) is 0.452. The molecule has 0 bridgehead atoms. The Morgan fingerprint density at radius 1 is 0.833 bits per heavy atom. The van der Waals surface area contributed by atoms with Gasteiger partial charge < -0.3 is 18.6 Å². The van der Waals surface area contributed by atoms with Gasteiger partial charge in [-0.25, -0.2) is 0 Å². The molecule has 0 radical (unpaired) electrons. The first-order chi connectivity index (χ1) is 16.5. The summed E-state index contributed by atoms with van der Waals surface area (Å²) in [7, 11) is -0.850. The maximum absolute atomic E-state index is 6.51. The van der Waals surface area contributed by atoms with Gasteiger partial charge in [-0.1, -0.05) is 63.6 Å². The van der Waals surface area contributed by atoms with E-state index >= 15 is 0 Å². The van der Waals surface area contributed by atoms with E-state index in [0.717, 1.165) is 22.9 Å². The molecule has 4 nitrogen and oxygen atoms in total. The van der Waals surface area contributed by atoms with Crippen molar-refractivity contribution in [3.63, 3.8) is 0 Å². The highest BCUT2D eigenvalue weighted by Gasteiger charge is 2.54. The van der Waals surface area contributed by atoms with Crippen molar-refractivity contribution in [1.82, 2.24) is 0 Å². The van der Waals surface area contributed by atoms with Crippen LogP contribution in [-0.4, -0.2) is 36.6 Å². The third-order valence-corrected chi connectivity index (χ3v) is 9.39. The second-order valence-electron chi connectivity index (χ2n) is 13.6. The van der Waals surface area contributed by atoms with Gasteiger partial charge in [0.05, 0.1) is 22.4 Å². The van der Waals surface area contributed by atoms with Crippen molar-refractivity contribution in [1.29, 1.82) is 0 Å². The highest BCUT2D eigenvalue weighted by Crippen LogP contribution is 2.41. The molecule has 6 heteroatoms. The largest absolute Gasteiger partial charge is 0.495 e. The van der Waals surface area contributed by atoms with Crippen LogP contribution < -0.4 is 10.9 Å². The lowest BCUT2D eigenvalue weighted by atomic mass is 9.67. The van der Waals surface area contributed by atoms with Crippen molar-refractivity contribution in [3.05, 3.63) is 42.0 Å². The molecular formula is C30H46B2O4. The zero-order chi connectivity index (χ0) is 26.7. The Morgan fingerprint density at radius 2 is 1.36 bits per heavy atom. The van der Waals surface area contributed by atoms with Crippen molar-refractivity contribution in [2.75, 3.05) is 0 Å². The van der Waals surface area contributed by atoms with E-state index in [1.807, 2.05) is 0 Å². The Balaban J connectivity index is 1.78. The van der Waals surface area contributed by atoms with Gasteiger partial charge in [0.2, 0.25) is 0 Å². The van der Waals surface area contributed by atoms with Gasteiger partial charge in [0.25, 0.3) is 0 Å². The molecule has 4 rings (SSSR count). The number of hydrogen-bond donors (Lipinski definition) is 0. The van der Waals surface area contributed by atoms with E-state index in [4.69, 9.17) is 18.6 Å². The Hall–Kier alpha value is -1.33. The topological polar surface area (TPSA) is 36.9 Å². The summed E-state index contributed by atoms with van der Waals surface area (Å²) in [5.41, 5.74) is 3.09. The number of allylic oxidation sites excluding steroid dienone is 4. The SMILES string of the molecule is CCCC(C)(C)C1C=C(c2cc(B3OC(C)(C)C(C)(C)O3)ccc2B2OC(C)(C)C(C)(C)O2)C=CC1. The molecule has 0 amide bonds. The Morgan fingerprint density at radius 3 is 1.89 bits per heavy atom. The van der Waals surface area contributed by atoms with E-state index in [2.05, 4.69) is 113 Å². The molecule has 0 aromatic heterocycles. The smallest absolute Gasteiger partial charge is 0.399 e. The molecule has 2 heterocycles. The van der Waals surface area contributed by atoms with Crippen LogP contribution in [0.25, 0.3) is 5.57 Å². The zero-order valence-electron chi connectivity index (χ0n) is 24.5. The zero-order valence-corrected chi connectivity index (χ0v) is 24.5. The first kappa shape index (κ1) is 27.7. The minimum absolute atomic E-state index is 0.235. The fourth-order valence-corrected chi connectivity index (χ4v) is 5.36. The lowest BCUT2D eigenvalue weighted by Gasteiger charge is -2.34. The molecule has 0 spiro atoms. The molecule has 1 unspecified atom stereocenters. The second-order valence-corrected chi connectivity index (χ2v) is 13.6. The van der Waals surface area contributed by atoms with Crippen molar-refractivity contribution >= 4 is 30.7 Å². The standard InChI is InChI=1S/C30H46B2O4/c1-12-18-26(2,3)22-15-13-14-21(19-22)24-20-23(31-33-27(4,5)28(6,7)34-31)16-17-25(24)32-35-29(8,9)30(10,11)36-32/h13-14,16-17,19-20,22H,12,15,18H2,1-11H3. The van der Waals surface area contributed by atoms with Crippen molar-refractivity contribution in [2.24, 2.45) is 11.3 Å². The molecule has 2 aliphatic heterocycles. The van der Waals surface area contributed by atoms with E-state index in [1.54, 1.807) is 0 Å². The van der Waals surface area contributed by atoms with Crippen molar-refractivity contribution in [3.8, 4) is 0 Å². The van der Waals surface area contributed by atoms with Gasteiger partial charge in [-0.3, -0.25) is 0 Å². The van der Waals surface area contributed by atoms with Crippen LogP contribution in [0.15, 0.2) is 36.4 Å². The fraction of sp³-hybridized carbons (Fsp3) is 0.667. The van der Waals surface area contributed by atoms with Gasteiger partial charge in [0.15, 0.2) is 0 Å². The Kier molecular flexibility index (Phi) is 7.04. The number of benzene rings is 1. The predicted octanol–water partition coefficient (Wildman–Crippen LogP) is 6.07. The number of rotatable bonds is 6. The lowest BCUT2D eigenvalue weighted by Crippen LogP contribution is -2.41. The van der Waals surface area contributed by atoms with Crippen LogP contribution in [0.2, 0.25) is 0 Å². The van der Waals surface area contributed by atoms with Crippen LogP contribution in [0.4, 0.5) is 0 Å². The van der Waals surface area contributed by atoms with Crippen LogP contribution >= 0.6 is 0 Å². The molecule has 0 saturated carbocycles. The molecule has 196 valence electrons. The molecule has 36 heavy (non-hydrogen) atoms. The molecule has 1 atom stereocenters. The predicted molar refractivity (Wildman–Crippen MR) is 152 cm³/mol. The molecule has 1 aromatic rings. The van der Waals surface area contributed by atoms with Crippen LogP contribution in [0, 0.1) is 11.3 Å². The van der Waals surface area contributed by atoms with Gasteiger partial charge in [0.1, 0.15) is 0 Å². The van der Waals surface area contributed by atoms with Crippen molar-refractivity contribution < 1.29 is 18.6 Å². The Bertz CT molecular complexity index is 1020. The number of hydrogen-bond acceptors (Lipinski definition) is 4. The summed E-state index contributed by atoms with van der Waals surface area (Å²) >= 11 is 0.